The van der Waals surface area contributed by atoms with Crippen molar-refractivity contribution in [1.82, 2.24) is 0 Å². The van der Waals surface area contributed by atoms with Crippen molar-refractivity contribution in [1.29, 1.82) is 0 Å². The molecule has 3 N–H and O–H groups in total. The highest BCUT2D eigenvalue weighted by Crippen LogP contribution is 2.34. The van der Waals surface area contributed by atoms with E-state index in [1.807, 2.05) is 13.8 Å². The van der Waals surface area contributed by atoms with Gasteiger partial charge in [-0.15, -0.1) is 0 Å². The molecule has 114 valence electrons. The van der Waals surface area contributed by atoms with E-state index in [1.54, 1.807) is 7.11 Å². The molecule has 0 bridgehead atoms. The van der Waals surface area contributed by atoms with Crippen LogP contribution in [0.2, 0.25) is 0 Å². The van der Waals surface area contributed by atoms with E-state index in [1.165, 1.54) is 6.07 Å². The van der Waals surface area contributed by atoms with Crippen molar-refractivity contribution in [2.45, 2.75) is 44.6 Å². The van der Waals surface area contributed by atoms with Gasteiger partial charge in [0.05, 0.1) is 17.3 Å². The van der Waals surface area contributed by atoms with Gasteiger partial charge in [0.1, 0.15) is 0 Å². The topological polar surface area (TPSA) is 55.5 Å². The molecule has 0 amide bonds. The second-order valence-corrected chi connectivity index (χ2v) is 5.36. The SMILES string of the molecule is COC(C)(C)CCC(O)c1cc(C(F)(F)F)ccc1N. The summed E-state index contributed by atoms with van der Waals surface area (Å²) in [5.74, 6) is 0. The highest BCUT2D eigenvalue weighted by molar-refractivity contribution is 5.50. The summed E-state index contributed by atoms with van der Waals surface area (Å²) in [5, 5.41) is 10.0. The number of benzene rings is 1. The molecule has 0 aliphatic carbocycles. The number of ether oxygens (including phenoxy) is 1. The van der Waals surface area contributed by atoms with Crippen LogP contribution in [0.3, 0.4) is 0 Å². The summed E-state index contributed by atoms with van der Waals surface area (Å²) >= 11 is 0. The smallest absolute Gasteiger partial charge is 0.398 e. The van der Waals surface area contributed by atoms with Gasteiger partial charge in [0, 0.05) is 18.4 Å². The van der Waals surface area contributed by atoms with Crippen molar-refractivity contribution in [2.75, 3.05) is 12.8 Å². The number of hydrogen-bond donors (Lipinski definition) is 2. The lowest BCUT2D eigenvalue weighted by Gasteiger charge is -2.25. The molecule has 1 rings (SSSR count). The molecule has 0 aliphatic rings. The van der Waals surface area contributed by atoms with Crippen molar-refractivity contribution in [2.24, 2.45) is 0 Å². The fraction of sp³-hybridized carbons (Fsp3) is 0.571. The number of alkyl halides is 3. The van der Waals surface area contributed by atoms with Gasteiger partial charge in [-0.1, -0.05) is 0 Å². The fourth-order valence-electron chi connectivity index (χ4n) is 1.78. The van der Waals surface area contributed by atoms with Crippen LogP contribution in [0.5, 0.6) is 0 Å². The maximum absolute atomic E-state index is 12.7. The van der Waals surface area contributed by atoms with Crippen LogP contribution < -0.4 is 5.73 Å². The monoisotopic (exact) mass is 291 g/mol. The van der Waals surface area contributed by atoms with Gasteiger partial charge in [-0.25, -0.2) is 0 Å². The van der Waals surface area contributed by atoms with E-state index in [0.29, 0.717) is 6.42 Å². The summed E-state index contributed by atoms with van der Waals surface area (Å²) in [5.41, 5.74) is 4.64. The maximum Gasteiger partial charge on any atom is 0.416 e. The van der Waals surface area contributed by atoms with Crippen molar-refractivity contribution in [3.05, 3.63) is 29.3 Å². The van der Waals surface area contributed by atoms with E-state index < -0.39 is 23.4 Å². The van der Waals surface area contributed by atoms with Crippen molar-refractivity contribution < 1.29 is 23.0 Å². The molecule has 1 aromatic carbocycles. The number of aliphatic hydroxyl groups is 1. The van der Waals surface area contributed by atoms with Gasteiger partial charge in [0.15, 0.2) is 0 Å². The lowest BCUT2D eigenvalue weighted by Crippen LogP contribution is -2.23. The molecule has 3 nitrogen and oxygen atoms in total. The number of aliphatic hydroxyl groups excluding tert-OH is 1. The van der Waals surface area contributed by atoms with E-state index in [-0.39, 0.29) is 17.7 Å². The fourth-order valence-corrected chi connectivity index (χ4v) is 1.78. The predicted octanol–water partition coefficient (Wildman–Crippen LogP) is 3.53. The van der Waals surface area contributed by atoms with Crippen LogP contribution in [0, 0.1) is 0 Å². The summed E-state index contributed by atoms with van der Waals surface area (Å²) in [6.45, 7) is 3.68. The average molecular weight is 291 g/mol. The van der Waals surface area contributed by atoms with Gasteiger partial charge in [-0.3, -0.25) is 0 Å². The Balaban J connectivity index is 2.90. The minimum Gasteiger partial charge on any atom is -0.398 e. The Bertz CT molecular complexity index is 458. The molecule has 6 heteroatoms. The van der Waals surface area contributed by atoms with Crippen LogP contribution in [0.15, 0.2) is 18.2 Å². The molecule has 0 saturated carbocycles. The zero-order valence-corrected chi connectivity index (χ0v) is 11.8. The highest BCUT2D eigenvalue weighted by atomic mass is 19.4. The Labute approximate surface area is 116 Å². The van der Waals surface area contributed by atoms with Crippen LogP contribution in [0.1, 0.15) is 43.9 Å². The van der Waals surface area contributed by atoms with E-state index in [0.717, 1.165) is 12.1 Å². The van der Waals surface area contributed by atoms with E-state index in [2.05, 4.69) is 0 Å². The van der Waals surface area contributed by atoms with Crippen LogP contribution in [0.4, 0.5) is 18.9 Å². The van der Waals surface area contributed by atoms with Crippen LogP contribution in [-0.4, -0.2) is 17.8 Å². The van der Waals surface area contributed by atoms with Crippen molar-refractivity contribution >= 4 is 5.69 Å². The highest BCUT2D eigenvalue weighted by Gasteiger charge is 2.31. The number of rotatable bonds is 5. The first kappa shape index (κ1) is 16.8. The number of methoxy groups -OCH3 is 1. The largest absolute Gasteiger partial charge is 0.416 e. The number of halogens is 3. The van der Waals surface area contributed by atoms with Crippen LogP contribution in [0.25, 0.3) is 0 Å². The Morgan fingerprint density at radius 1 is 1.30 bits per heavy atom. The first-order valence-electron chi connectivity index (χ1n) is 6.26. The second kappa shape index (κ2) is 6.01. The molecule has 1 aromatic rings. The molecule has 0 aliphatic heterocycles. The Morgan fingerprint density at radius 2 is 1.90 bits per heavy atom. The minimum atomic E-state index is -4.45. The molecular formula is C14H20F3NO2. The summed E-state index contributed by atoms with van der Waals surface area (Å²) < 4.78 is 43.2. The third-order valence-corrected chi connectivity index (χ3v) is 3.35. The van der Waals surface area contributed by atoms with Crippen molar-refractivity contribution in [3.8, 4) is 0 Å². The lowest BCUT2D eigenvalue weighted by molar-refractivity contribution is -0.137. The molecule has 0 fully saturated rings. The number of anilines is 1. The number of nitrogen functional groups attached to an aromatic ring is 1. The van der Waals surface area contributed by atoms with Gasteiger partial charge in [0.2, 0.25) is 0 Å². The zero-order valence-electron chi connectivity index (χ0n) is 11.8. The van der Waals surface area contributed by atoms with Crippen LogP contribution in [-0.2, 0) is 10.9 Å². The molecule has 1 unspecified atom stereocenters. The van der Waals surface area contributed by atoms with Gasteiger partial charge < -0.3 is 15.6 Å². The Kier molecular flexibility index (Phi) is 5.05. The van der Waals surface area contributed by atoms with Gasteiger partial charge in [-0.2, -0.15) is 13.2 Å². The summed E-state index contributed by atoms with van der Waals surface area (Å²) in [4.78, 5) is 0. The quantitative estimate of drug-likeness (QED) is 0.816. The van der Waals surface area contributed by atoms with E-state index in [4.69, 9.17) is 10.5 Å². The molecule has 20 heavy (non-hydrogen) atoms. The summed E-state index contributed by atoms with van der Waals surface area (Å²) in [7, 11) is 1.55. The van der Waals surface area contributed by atoms with Gasteiger partial charge in [0.25, 0.3) is 0 Å². The summed E-state index contributed by atoms with van der Waals surface area (Å²) in [6, 6.07) is 2.98. The normalized spacial score (nSPS) is 14.3. The van der Waals surface area contributed by atoms with E-state index >= 15 is 0 Å². The molecule has 1 atom stereocenters. The first-order chi connectivity index (χ1) is 9.07. The average Bonchev–Trinajstić information content (AvgIpc) is 2.35. The van der Waals surface area contributed by atoms with E-state index in [9.17, 15) is 18.3 Å². The molecular weight excluding hydrogens is 271 g/mol. The van der Waals surface area contributed by atoms with Crippen molar-refractivity contribution in [3.63, 3.8) is 0 Å². The Hall–Kier alpha value is -1.27. The summed E-state index contributed by atoms with van der Waals surface area (Å²) in [6.07, 6.45) is -4.73. The third kappa shape index (κ3) is 4.38. The predicted molar refractivity (Wildman–Crippen MR) is 71.1 cm³/mol. The third-order valence-electron chi connectivity index (χ3n) is 3.35. The Morgan fingerprint density at radius 3 is 2.40 bits per heavy atom. The molecule has 0 heterocycles. The molecule has 0 spiro atoms. The van der Waals surface area contributed by atoms with Gasteiger partial charge >= 0.3 is 6.18 Å². The number of hydrogen-bond acceptors (Lipinski definition) is 3. The standard InChI is InChI=1S/C14H20F3NO2/c1-13(2,20-3)7-6-12(19)10-8-9(14(15,16)17)4-5-11(10)18/h4-5,8,12,19H,6-7,18H2,1-3H3. The first-order valence-corrected chi connectivity index (χ1v) is 6.26. The minimum absolute atomic E-state index is 0.103. The number of nitrogens with two attached hydrogens (primary N) is 1. The second-order valence-electron chi connectivity index (χ2n) is 5.36. The van der Waals surface area contributed by atoms with Crippen LogP contribution >= 0.6 is 0 Å². The zero-order chi connectivity index (χ0) is 15.6. The van der Waals surface area contributed by atoms with Gasteiger partial charge in [-0.05, 0) is 44.9 Å². The lowest BCUT2D eigenvalue weighted by atomic mass is 9.95. The maximum atomic E-state index is 12.7. The molecule has 0 aromatic heterocycles. The molecule has 0 saturated heterocycles. The molecule has 0 radical (unpaired) electrons.